The molecule has 0 unspecified atom stereocenters. The number of aromatic nitrogens is 6. The Labute approximate surface area is 196 Å². The molecule has 2 aliphatic rings. The van der Waals surface area contributed by atoms with Crippen molar-refractivity contribution in [3.8, 4) is 11.4 Å². The fourth-order valence-electron chi connectivity index (χ4n) is 4.67. The molecule has 0 amide bonds. The van der Waals surface area contributed by atoms with Crippen LogP contribution in [0.5, 0.6) is 5.75 Å². The second-order valence-electron chi connectivity index (χ2n) is 8.58. The molecule has 0 spiro atoms. The van der Waals surface area contributed by atoms with Crippen molar-refractivity contribution in [2.24, 2.45) is 5.92 Å². The minimum Gasteiger partial charge on any atom is -0.490 e. The molecular weight excluding hydrogens is 447 g/mol. The molecule has 3 aromatic rings. The number of ether oxygens (including phenoxy) is 1. The van der Waals surface area contributed by atoms with Crippen molar-refractivity contribution in [1.82, 2.24) is 35.1 Å². The predicted molar refractivity (Wildman–Crippen MR) is 121 cm³/mol. The number of rotatable bonds is 6. The van der Waals surface area contributed by atoms with E-state index in [4.69, 9.17) is 16.3 Å². The van der Waals surface area contributed by atoms with Crippen LogP contribution in [-0.4, -0.2) is 73.9 Å². The maximum atomic E-state index is 14.4. The lowest BCUT2D eigenvalue weighted by Crippen LogP contribution is -2.51. The van der Waals surface area contributed by atoms with Crippen molar-refractivity contribution in [2.45, 2.75) is 31.7 Å². The van der Waals surface area contributed by atoms with E-state index in [-0.39, 0.29) is 5.75 Å². The van der Waals surface area contributed by atoms with Crippen LogP contribution in [0.2, 0.25) is 5.02 Å². The lowest BCUT2D eigenvalue weighted by atomic mass is 9.85. The first-order valence-corrected chi connectivity index (χ1v) is 11.7. The van der Waals surface area contributed by atoms with E-state index < -0.39 is 5.82 Å². The number of piperazine rings is 1. The molecule has 1 aliphatic heterocycles. The molecule has 1 saturated carbocycles. The molecule has 2 aromatic heterocycles. The first-order valence-electron chi connectivity index (χ1n) is 11.3. The van der Waals surface area contributed by atoms with Gasteiger partial charge in [0.1, 0.15) is 6.33 Å². The van der Waals surface area contributed by atoms with Gasteiger partial charge in [0.05, 0.1) is 29.7 Å². The molecular formula is C22H26ClFN8O. The Morgan fingerprint density at radius 3 is 2.45 bits per heavy atom. The lowest BCUT2D eigenvalue weighted by Gasteiger charge is -2.41. The van der Waals surface area contributed by atoms with Gasteiger partial charge in [0.25, 0.3) is 0 Å². The van der Waals surface area contributed by atoms with Crippen LogP contribution in [0.15, 0.2) is 36.9 Å². The average Bonchev–Trinajstić information content (AvgIpc) is 3.39. The highest BCUT2D eigenvalue weighted by Crippen LogP contribution is 2.30. The Morgan fingerprint density at radius 2 is 1.79 bits per heavy atom. The van der Waals surface area contributed by atoms with Gasteiger partial charge in [-0.05, 0) is 54.2 Å². The van der Waals surface area contributed by atoms with E-state index in [1.807, 2.05) is 0 Å². The van der Waals surface area contributed by atoms with Crippen LogP contribution in [0.4, 0.5) is 10.3 Å². The molecule has 0 N–H and O–H groups in total. The number of anilines is 1. The zero-order valence-corrected chi connectivity index (χ0v) is 19.0. The molecule has 0 radical (unpaired) electrons. The number of benzene rings is 1. The van der Waals surface area contributed by atoms with Gasteiger partial charge in [0, 0.05) is 38.3 Å². The standard InChI is InChI=1S/C22H26ClFN8O/c23-17-12-25-22(26-13-17)31-9-7-30(8-10-31)18-3-1-16(2-4-18)14-33-21-6-5-19(11-20(21)24)32-15-27-28-29-32/h5-6,11-13,15-16,18H,1-4,7-10,14H2/t16-,18-. The Morgan fingerprint density at radius 1 is 1.03 bits per heavy atom. The van der Waals surface area contributed by atoms with Crippen molar-refractivity contribution in [3.63, 3.8) is 0 Å². The number of nitrogens with zero attached hydrogens (tertiary/aromatic N) is 8. The molecule has 3 heterocycles. The zero-order chi connectivity index (χ0) is 22.6. The fourth-order valence-corrected chi connectivity index (χ4v) is 4.77. The topological polar surface area (TPSA) is 85.1 Å². The summed E-state index contributed by atoms with van der Waals surface area (Å²) >= 11 is 5.89. The van der Waals surface area contributed by atoms with Crippen molar-refractivity contribution >= 4 is 17.5 Å². The van der Waals surface area contributed by atoms with Gasteiger partial charge in [0.2, 0.25) is 5.95 Å². The quantitative estimate of drug-likeness (QED) is 0.541. The third-order valence-electron chi connectivity index (χ3n) is 6.54. The van der Waals surface area contributed by atoms with Gasteiger partial charge in [-0.3, -0.25) is 4.90 Å². The van der Waals surface area contributed by atoms with Crippen LogP contribution in [0, 0.1) is 11.7 Å². The molecule has 1 saturated heterocycles. The minimum atomic E-state index is -0.403. The van der Waals surface area contributed by atoms with E-state index in [1.54, 1.807) is 24.5 Å². The van der Waals surface area contributed by atoms with E-state index in [2.05, 4.69) is 35.3 Å². The Hall–Kier alpha value is -2.85. The van der Waals surface area contributed by atoms with E-state index in [1.165, 1.54) is 17.1 Å². The predicted octanol–water partition coefficient (Wildman–Crippen LogP) is 3.00. The van der Waals surface area contributed by atoms with E-state index in [0.717, 1.165) is 57.8 Å². The number of hydrogen-bond donors (Lipinski definition) is 0. The molecule has 174 valence electrons. The maximum Gasteiger partial charge on any atom is 0.225 e. The van der Waals surface area contributed by atoms with Crippen LogP contribution in [0.3, 0.4) is 0 Å². The SMILES string of the molecule is Fc1cc(-n2cnnn2)ccc1OC[C@H]1CC[C@H](N2CCN(c3ncc(Cl)cn3)CC2)CC1. The van der Waals surface area contributed by atoms with Gasteiger partial charge >= 0.3 is 0 Å². The monoisotopic (exact) mass is 472 g/mol. The first-order chi connectivity index (χ1) is 16.2. The van der Waals surface area contributed by atoms with Gasteiger partial charge in [-0.25, -0.2) is 19.0 Å². The first kappa shape index (κ1) is 22.0. The van der Waals surface area contributed by atoms with Crippen LogP contribution in [0.1, 0.15) is 25.7 Å². The Bertz CT molecular complexity index is 1040. The Balaban J connectivity index is 1.06. The fraction of sp³-hybridized carbons (Fsp3) is 0.500. The molecule has 1 aliphatic carbocycles. The van der Waals surface area contributed by atoms with Crippen molar-refractivity contribution in [2.75, 3.05) is 37.7 Å². The highest BCUT2D eigenvalue weighted by molar-refractivity contribution is 6.30. The third kappa shape index (κ3) is 5.22. The summed E-state index contributed by atoms with van der Waals surface area (Å²) in [5, 5.41) is 11.5. The van der Waals surface area contributed by atoms with E-state index in [9.17, 15) is 4.39 Å². The summed E-state index contributed by atoms with van der Waals surface area (Å²) in [6.45, 7) is 4.40. The van der Waals surface area contributed by atoms with Gasteiger partial charge in [0.15, 0.2) is 11.6 Å². The van der Waals surface area contributed by atoms with Gasteiger partial charge < -0.3 is 9.64 Å². The zero-order valence-electron chi connectivity index (χ0n) is 18.2. The molecule has 0 atom stereocenters. The summed E-state index contributed by atoms with van der Waals surface area (Å²) in [5.41, 5.74) is 0.563. The summed E-state index contributed by atoms with van der Waals surface area (Å²) < 4.78 is 21.7. The van der Waals surface area contributed by atoms with Crippen LogP contribution < -0.4 is 9.64 Å². The van der Waals surface area contributed by atoms with Crippen LogP contribution in [-0.2, 0) is 0 Å². The summed E-state index contributed by atoms with van der Waals surface area (Å²) in [6.07, 6.45) is 9.20. The number of halogens is 2. The Kier molecular flexibility index (Phi) is 6.63. The molecule has 1 aromatic carbocycles. The molecule has 9 nitrogen and oxygen atoms in total. The van der Waals surface area contributed by atoms with Gasteiger partial charge in [-0.2, -0.15) is 0 Å². The smallest absolute Gasteiger partial charge is 0.225 e. The highest BCUT2D eigenvalue weighted by Gasteiger charge is 2.29. The molecule has 11 heteroatoms. The molecule has 33 heavy (non-hydrogen) atoms. The molecule has 2 fully saturated rings. The largest absolute Gasteiger partial charge is 0.490 e. The second-order valence-corrected chi connectivity index (χ2v) is 9.02. The number of hydrogen-bond acceptors (Lipinski definition) is 8. The molecule has 0 bridgehead atoms. The summed E-state index contributed by atoms with van der Waals surface area (Å²) in [5.74, 6) is 1.07. The molecule has 5 rings (SSSR count). The van der Waals surface area contributed by atoms with E-state index in [0.29, 0.717) is 29.3 Å². The maximum absolute atomic E-state index is 14.4. The lowest BCUT2D eigenvalue weighted by molar-refractivity contribution is 0.110. The normalized spacial score (nSPS) is 21.8. The summed E-state index contributed by atoms with van der Waals surface area (Å²) in [4.78, 5) is 13.5. The highest BCUT2D eigenvalue weighted by atomic mass is 35.5. The number of tetrazole rings is 1. The third-order valence-corrected chi connectivity index (χ3v) is 6.74. The van der Waals surface area contributed by atoms with Gasteiger partial charge in [-0.15, -0.1) is 5.10 Å². The van der Waals surface area contributed by atoms with Crippen LogP contribution in [0.25, 0.3) is 5.69 Å². The van der Waals surface area contributed by atoms with Gasteiger partial charge in [-0.1, -0.05) is 11.6 Å². The van der Waals surface area contributed by atoms with Crippen LogP contribution >= 0.6 is 11.6 Å². The average molecular weight is 473 g/mol. The summed E-state index contributed by atoms with van der Waals surface area (Å²) in [7, 11) is 0. The van der Waals surface area contributed by atoms with E-state index >= 15 is 0 Å². The van der Waals surface area contributed by atoms with Crippen molar-refractivity contribution in [1.29, 1.82) is 0 Å². The van der Waals surface area contributed by atoms with Crippen molar-refractivity contribution < 1.29 is 9.13 Å². The van der Waals surface area contributed by atoms with Crippen molar-refractivity contribution in [3.05, 3.63) is 47.8 Å². The minimum absolute atomic E-state index is 0.273. The second kappa shape index (κ2) is 9.96. The summed E-state index contributed by atoms with van der Waals surface area (Å²) in [6, 6.07) is 5.38.